The fraction of sp³-hybridized carbons (Fsp3) is 0. The summed E-state index contributed by atoms with van der Waals surface area (Å²) in [4.78, 5) is 18.8. The van der Waals surface area contributed by atoms with Crippen molar-refractivity contribution in [2.75, 3.05) is 11.5 Å². The van der Waals surface area contributed by atoms with Crippen LogP contribution in [0.4, 0.5) is 11.8 Å². The number of nitrogen functional groups attached to an aromatic ring is 2. The van der Waals surface area contributed by atoms with Crippen LogP contribution < -0.4 is 21.9 Å². The lowest BCUT2D eigenvalue weighted by Crippen LogP contribution is -2.12. The number of primary amides is 1. The van der Waals surface area contributed by atoms with Gasteiger partial charge in [0.1, 0.15) is 11.6 Å². The van der Waals surface area contributed by atoms with Crippen molar-refractivity contribution >= 4 is 17.7 Å². The van der Waals surface area contributed by atoms with Crippen molar-refractivity contribution in [3.05, 3.63) is 35.9 Å². The molecule has 1 amide bonds. The standard InChI is InChI=1S/C11H11N5O2/c12-8-5-9(16-11(14)15-8)18-7-4-2-1-3-6(7)10(13)17/h1-5H,(H2,13,17)(H4,12,14,15,16). The number of nitrogens with zero attached hydrogens (tertiary/aromatic N) is 2. The molecule has 0 radical (unpaired) electrons. The highest BCUT2D eigenvalue weighted by molar-refractivity contribution is 5.95. The summed E-state index contributed by atoms with van der Waals surface area (Å²) in [5, 5.41) is 0. The number of para-hydroxylation sites is 1. The number of aromatic nitrogens is 2. The number of hydrogen-bond acceptors (Lipinski definition) is 6. The summed E-state index contributed by atoms with van der Waals surface area (Å²) in [6, 6.07) is 7.92. The minimum Gasteiger partial charge on any atom is -0.438 e. The second kappa shape index (κ2) is 4.58. The number of nitrogens with two attached hydrogens (primary N) is 3. The smallest absolute Gasteiger partial charge is 0.252 e. The summed E-state index contributed by atoms with van der Waals surface area (Å²) in [6.07, 6.45) is 0. The number of benzene rings is 1. The molecule has 18 heavy (non-hydrogen) atoms. The Balaban J connectivity index is 2.37. The van der Waals surface area contributed by atoms with E-state index < -0.39 is 5.91 Å². The molecule has 0 spiro atoms. The average molecular weight is 245 g/mol. The van der Waals surface area contributed by atoms with Crippen LogP contribution in [0.3, 0.4) is 0 Å². The maximum atomic E-state index is 11.2. The monoisotopic (exact) mass is 245 g/mol. The van der Waals surface area contributed by atoms with Gasteiger partial charge in [0.25, 0.3) is 5.91 Å². The molecule has 1 aromatic carbocycles. The predicted molar refractivity (Wildman–Crippen MR) is 65.9 cm³/mol. The van der Waals surface area contributed by atoms with E-state index in [4.69, 9.17) is 21.9 Å². The summed E-state index contributed by atoms with van der Waals surface area (Å²) in [5.41, 5.74) is 16.4. The first kappa shape index (κ1) is 11.6. The van der Waals surface area contributed by atoms with Crippen LogP contribution in [0.5, 0.6) is 11.6 Å². The van der Waals surface area contributed by atoms with E-state index in [0.29, 0.717) is 0 Å². The second-order valence-corrected chi connectivity index (χ2v) is 3.45. The quantitative estimate of drug-likeness (QED) is 0.723. The van der Waals surface area contributed by atoms with E-state index in [9.17, 15) is 4.79 Å². The molecule has 0 bridgehead atoms. The van der Waals surface area contributed by atoms with Crippen molar-refractivity contribution < 1.29 is 9.53 Å². The zero-order valence-corrected chi connectivity index (χ0v) is 9.33. The van der Waals surface area contributed by atoms with Gasteiger partial charge in [-0.05, 0) is 12.1 Å². The van der Waals surface area contributed by atoms with E-state index in [1.54, 1.807) is 24.3 Å². The molecule has 0 fully saturated rings. The third-order valence-corrected chi connectivity index (χ3v) is 2.11. The topological polar surface area (TPSA) is 130 Å². The second-order valence-electron chi connectivity index (χ2n) is 3.45. The maximum Gasteiger partial charge on any atom is 0.252 e. The van der Waals surface area contributed by atoms with Gasteiger partial charge in [-0.2, -0.15) is 9.97 Å². The van der Waals surface area contributed by atoms with E-state index in [1.807, 2.05) is 0 Å². The molecule has 0 unspecified atom stereocenters. The van der Waals surface area contributed by atoms with Crippen molar-refractivity contribution in [1.82, 2.24) is 9.97 Å². The lowest BCUT2D eigenvalue weighted by Gasteiger charge is -2.08. The first-order valence-corrected chi connectivity index (χ1v) is 5.03. The highest BCUT2D eigenvalue weighted by atomic mass is 16.5. The molecule has 0 atom stereocenters. The van der Waals surface area contributed by atoms with E-state index in [0.717, 1.165) is 0 Å². The first-order valence-electron chi connectivity index (χ1n) is 5.03. The molecule has 7 nitrogen and oxygen atoms in total. The number of carbonyl (C=O) groups excluding carboxylic acids is 1. The van der Waals surface area contributed by atoms with Crippen molar-refractivity contribution in [2.24, 2.45) is 5.73 Å². The van der Waals surface area contributed by atoms with Crippen LogP contribution in [0, 0.1) is 0 Å². The largest absolute Gasteiger partial charge is 0.438 e. The Morgan fingerprint density at radius 2 is 1.89 bits per heavy atom. The van der Waals surface area contributed by atoms with Gasteiger partial charge in [-0.1, -0.05) is 12.1 Å². The fourth-order valence-corrected chi connectivity index (χ4v) is 1.39. The Kier molecular flexibility index (Phi) is 2.96. The van der Waals surface area contributed by atoms with Gasteiger partial charge in [0, 0.05) is 6.07 Å². The molecule has 92 valence electrons. The summed E-state index contributed by atoms with van der Waals surface area (Å²) in [5.74, 6) is -0.00703. The van der Waals surface area contributed by atoms with Gasteiger partial charge in [-0.15, -0.1) is 0 Å². The van der Waals surface area contributed by atoms with E-state index in [1.165, 1.54) is 6.07 Å². The van der Waals surface area contributed by atoms with Crippen LogP contribution in [0.2, 0.25) is 0 Å². The van der Waals surface area contributed by atoms with E-state index in [-0.39, 0.29) is 29.0 Å². The SMILES string of the molecule is NC(=O)c1ccccc1Oc1cc(N)nc(N)n1. The third kappa shape index (κ3) is 2.46. The molecule has 6 N–H and O–H groups in total. The molecule has 7 heteroatoms. The molecule has 0 aliphatic heterocycles. The van der Waals surface area contributed by atoms with E-state index in [2.05, 4.69) is 9.97 Å². The van der Waals surface area contributed by atoms with Crippen molar-refractivity contribution in [1.29, 1.82) is 0 Å². The molecular formula is C11H11N5O2. The zero-order chi connectivity index (χ0) is 13.1. The number of ether oxygens (including phenoxy) is 1. The van der Waals surface area contributed by atoms with Gasteiger partial charge in [0.15, 0.2) is 0 Å². The van der Waals surface area contributed by atoms with Gasteiger partial charge < -0.3 is 21.9 Å². The predicted octanol–water partition coefficient (Wildman–Crippen LogP) is 0.532. The van der Waals surface area contributed by atoms with Crippen LogP contribution in [-0.2, 0) is 0 Å². The van der Waals surface area contributed by atoms with Crippen LogP contribution in [0.15, 0.2) is 30.3 Å². The number of carbonyl (C=O) groups is 1. The lowest BCUT2D eigenvalue weighted by molar-refractivity contribution is 0.0998. The lowest BCUT2D eigenvalue weighted by atomic mass is 10.2. The minimum absolute atomic E-state index is 0.0124. The normalized spacial score (nSPS) is 10.0. The average Bonchev–Trinajstić information content (AvgIpc) is 2.27. The van der Waals surface area contributed by atoms with Crippen LogP contribution in [0.1, 0.15) is 10.4 Å². The molecule has 0 aliphatic carbocycles. The van der Waals surface area contributed by atoms with Crippen molar-refractivity contribution in [2.45, 2.75) is 0 Å². The molecule has 2 rings (SSSR count). The van der Waals surface area contributed by atoms with Crippen molar-refractivity contribution in [3.63, 3.8) is 0 Å². The fourth-order valence-electron chi connectivity index (χ4n) is 1.39. The summed E-state index contributed by atoms with van der Waals surface area (Å²) < 4.78 is 5.42. The Morgan fingerprint density at radius 1 is 1.17 bits per heavy atom. The Labute approximate surface area is 103 Å². The molecule has 0 saturated heterocycles. The third-order valence-electron chi connectivity index (χ3n) is 2.11. The van der Waals surface area contributed by atoms with Gasteiger partial charge >= 0.3 is 0 Å². The van der Waals surface area contributed by atoms with Gasteiger partial charge in [-0.3, -0.25) is 4.79 Å². The van der Waals surface area contributed by atoms with Crippen LogP contribution in [-0.4, -0.2) is 15.9 Å². The Morgan fingerprint density at radius 3 is 2.56 bits per heavy atom. The molecule has 1 heterocycles. The van der Waals surface area contributed by atoms with Crippen molar-refractivity contribution in [3.8, 4) is 11.6 Å². The summed E-state index contributed by atoms with van der Waals surface area (Å²) >= 11 is 0. The maximum absolute atomic E-state index is 11.2. The molecule has 0 aliphatic rings. The minimum atomic E-state index is -0.597. The zero-order valence-electron chi connectivity index (χ0n) is 9.33. The van der Waals surface area contributed by atoms with Gasteiger partial charge in [-0.25, -0.2) is 0 Å². The molecule has 1 aromatic heterocycles. The molecular weight excluding hydrogens is 234 g/mol. The first-order chi connectivity index (χ1) is 8.56. The number of anilines is 2. The number of rotatable bonds is 3. The number of hydrogen-bond donors (Lipinski definition) is 3. The molecule has 2 aromatic rings. The number of amides is 1. The van der Waals surface area contributed by atoms with Crippen LogP contribution >= 0.6 is 0 Å². The Bertz CT molecular complexity index is 579. The highest BCUT2D eigenvalue weighted by Crippen LogP contribution is 2.24. The Hall–Kier alpha value is -2.83. The van der Waals surface area contributed by atoms with Gasteiger partial charge in [0.05, 0.1) is 5.56 Å². The summed E-state index contributed by atoms with van der Waals surface area (Å²) in [6.45, 7) is 0. The summed E-state index contributed by atoms with van der Waals surface area (Å²) in [7, 11) is 0. The van der Waals surface area contributed by atoms with Gasteiger partial charge in [0.2, 0.25) is 11.8 Å². The highest BCUT2D eigenvalue weighted by Gasteiger charge is 2.10. The van der Waals surface area contributed by atoms with E-state index >= 15 is 0 Å². The molecule has 0 saturated carbocycles. The van der Waals surface area contributed by atoms with Crippen LogP contribution in [0.25, 0.3) is 0 Å².